The van der Waals surface area contributed by atoms with Crippen LogP contribution < -0.4 is 10.6 Å². The minimum absolute atomic E-state index is 0.243. The second-order valence-electron chi connectivity index (χ2n) is 4.86. The van der Waals surface area contributed by atoms with E-state index in [0.29, 0.717) is 13.1 Å². The molecule has 0 aliphatic carbocycles. The van der Waals surface area contributed by atoms with Crippen LogP contribution in [0.3, 0.4) is 0 Å². The maximum atomic E-state index is 12.0. The predicted molar refractivity (Wildman–Crippen MR) is 70.6 cm³/mol. The van der Waals surface area contributed by atoms with Crippen LogP contribution in [0.2, 0.25) is 0 Å². The molecule has 3 amide bonds. The molecule has 2 atom stereocenters. The summed E-state index contributed by atoms with van der Waals surface area (Å²) in [7, 11) is 0. The smallest absolute Gasteiger partial charge is 0.326 e. The number of carbonyl (C=O) groups excluding carboxylic acids is 2. The van der Waals surface area contributed by atoms with Crippen LogP contribution >= 0.6 is 0 Å². The van der Waals surface area contributed by atoms with Crippen molar-refractivity contribution in [1.82, 2.24) is 15.5 Å². The fourth-order valence-corrected chi connectivity index (χ4v) is 2.04. The molecule has 1 aliphatic heterocycles. The molecule has 4 N–H and O–H groups in total. The predicted octanol–water partition coefficient (Wildman–Crippen LogP) is -0.776. The molecule has 0 aromatic carbocycles. The van der Waals surface area contributed by atoms with Crippen molar-refractivity contribution in [2.24, 2.45) is 0 Å². The quantitative estimate of drug-likeness (QED) is 0.508. The minimum Gasteiger partial charge on any atom is -0.481 e. The molecule has 0 saturated carbocycles. The topological polar surface area (TPSA) is 136 Å². The molecule has 0 radical (unpaired) electrons. The normalized spacial score (nSPS) is 16.9. The molecule has 0 bridgehead atoms. The molecule has 1 unspecified atom stereocenters. The number of urea groups is 1. The van der Waals surface area contributed by atoms with Crippen LogP contribution in [0.4, 0.5) is 4.79 Å². The summed E-state index contributed by atoms with van der Waals surface area (Å²) < 4.78 is 0. The fourth-order valence-electron chi connectivity index (χ4n) is 2.04. The van der Waals surface area contributed by atoms with Gasteiger partial charge in [0.2, 0.25) is 5.91 Å². The molecule has 9 heteroatoms. The Bertz CT molecular complexity index is 433. The third-order valence-electron chi connectivity index (χ3n) is 3.12. The van der Waals surface area contributed by atoms with Gasteiger partial charge in [-0.1, -0.05) is 0 Å². The molecule has 1 heterocycles. The highest BCUT2D eigenvalue weighted by Gasteiger charge is 2.27. The van der Waals surface area contributed by atoms with Crippen molar-refractivity contribution in [3.63, 3.8) is 0 Å². The van der Waals surface area contributed by atoms with Crippen molar-refractivity contribution in [1.29, 1.82) is 0 Å². The first-order valence-corrected chi connectivity index (χ1v) is 6.61. The number of likely N-dealkylation sites (tertiary alicyclic amines) is 1. The molecule has 1 saturated heterocycles. The summed E-state index contributed by atoms with van der Waals surface area (Å²) in [6, 6.07) is -3.23. The summed E-state index contributed by atoms with van der Waals surface area (Å²) in [6.45, 7) is 2.78. The maximum Gasteiger partial charge on any atom is 0.326 e. The Hall–Kier alpha value is -2.32. The molecular weight excluding hydrogens is 282 g/mol. The number of carboxylic acids is 2. The van der Waals surface area contributed by atoms with Gasteiger partial charge in [0.25, 0.3) is 0 Å². The number of nitrogens with zero attached hydrogens (tertiary/aromatic N) is 1. The standard InChI is InChI=1S/C12H19N3O6/c1-7(10(18)15-4-2-3-5-15)13-12(21)14-8(11(19)20)6-9(16)17/h7-8H,2-6H2,1H3,(H,16,17)(H,19,20)(H2,13,14,21)/t7?,8-/m0/s1. The van der Waals surface area contributed by atoms with E-state index in [1.165, 1.54) is 6.92 Å². The highest BCUT2D eigenvalue weighted by atomic mass is 16.4. The molecule has 1 rings (SSSR count). The highest BCUT2D eigenvalue weighted by Crippen LogP contribution is 2.08. The Morgan fingerprint density at radius 3 is 2.14 bits per heavy atom. The van der Waals surface area contributed by atoms with Gasteiger partial charge in [-0.2, -0.15) is 0 Å². The van der Waals surface area contributed by atoms with Gasteiger partial charge < -0.3 is 25.7 Å². The van der Waals surface area contributed by atoms with Crippen molar-refractivity contribution in [3.8, 4) is 0 Å². The molecule has 21 heavy (non-hydrogen) atoms. The van der Waals surface area contributed by atoms with E-state index in [2.05, 4.69) is 5.32 Å². The SMILES string of the molecule is CC(NC(=O)N[C@@H](CC(=O)O)C(=O)O)C(=O)N1CCCC1. The second kappa shape index (κ2) is 7.46. The Kier molecular flexibility index (Phi) is 5.94. The molecule has 0 spiro atoms. The third-order valence-corrected chi connectivity index (χ3v) is 3.12. The van der Waals surface area contributed by atoms with Crippen LogP contribution in [-0.2, 0) is 14.4 Å². The first-order chi connectivity index (χ1) is 9.81. The monoisotopic (exact) mass is 301 g/mol. The van der Waals surface area contributed by atoms with E-state index < -0.39 is 36.5 Å². The number of carbonyl (C=O) groups is 4. The van der Waals surface area contributed by atoms with Gasteiger partial charge in [0.15, 0.2) is 0 Å². The Morgan fingerprint density at radius 1 is 1.10 bits per heavy atom. The molecule has 1 aliphatic rings. The summed E-state index contributed by atoms with van der Waals surface area (Å²) in [5.74, 6) is -3.04. The van der Waals surface area contributed by atoms with Crippen LogP contribution in [0, 0.1) is 0 Å². The molecule has 1 fully saturated rings. The van der Waals surface area contributed by atoms with Crippen molar-refractivity contribution in [3.05, 3.63) is 0 Å². The van der Waals surface area contributed by atoms with E-state index in [0.717, 1.165) is 12.8 Å². The van der Waals surface area contributed by atoms with E-state index in [1.807, 2.05) is 5.32 Å². The zero-order chi connectivity index (χ0) is 16.0. The van der Waals surface area contributed by atoms with Crippen LogP contribution in [0.15, 0.2) is 0 Å². The zero-order valence-corrected chi connectivity index (χ0v) is 11.7. The van der Waals surface area contributed by atoms with Gasteiger partial charge in [-0.3, -0.25) is 9.59 Å². The maximum absolute atomic E-state index is 12.0. The van der Waals surface area contributed by atoms with Gasteiger partial charge in [0.1, 0.15) is 12.1 Å². The Labute approximate surface area is 121 Å². The van der Waals surface area contributed by atoms with Gasteiger partial charge in [0, 0.05) is 13.1 Å². The molecule has 9 nitrogen and oxygen atoms in total. The summed E-state index contributed by atoms with van der Waals surface area (Å²) in [6.07, 6.45) is 1.10. The van der Waals surface area contributed by atoms with Gasteiger partial charge in [-0.05, 0) is 19.8 Å². The van der Waals surface area contributed by atoms with Crippen molar-refractivity contribution >= 4 is 23.9 Å². The van der Waals surface area contributed by atoms with Crippen molar-refractivity contribution < 1.29 is 29.4 Å². The summed E-state index contributed by atoms with van der Waals surface area (Å²) >= 11 is 0. The fraction of sp³-hybridized carbons (Fsp3) is 0.667. The summed E-state index contributed by atoms with van der Waals surface area (Å²) in [5.41, 5.74) is 0. The molecule has 0 aromatic rings. The molecule has 0 aromatic heterocycles. The average molecular weight is 301 g/mol. The van der Waals surface area contributed by atoms with Crippen molar-refractivity contribution in [2.75, 3.05) is 13.1 Å². The van der Waals surface area contributed by atoms with E-state index >= 15 is 0 Å². The zero-order valence-electron chi connectivity index (χ0n) is 11.7. The first-order valence-electron chi connectivity index (χ1n) is 6.61. The highest BCUT2D eigenvalue weighted by molar-refractivity contribution is 5.89. The lowest BCUT2D eigenvalue weighted by atomic mass is 10.2. The van der Waals surface area contributed by atoms with Crippen LogP contribution in [0.25, 0.3) is 0 Å². The largest absolute Gasteiger partial charge is 0.481 e. The Balaban J connectivity index is 2.48. The number of aliphatic carboxylic acids is 2. The van der Waals surface area contributed by atoms with E-state index in [9.17, 15) is 19.2 Å². The molecular formula is C12H19N3O6. The molecule has 118 valence electrons. The minimum atomic E-state index is -1.54. The second-order valence-corrected chi connectivity index (χ2v) is 4.86. The number of hydrogen-bond acceptors (Lipinski definition) is 4. The lowest BCUT2D eigenvalue weighted by Gasteiger charge is -2.22. The van der Waals surface area contributed by atoms with Crippen molar-refractivity contribution in [2.45, 2.75) is 38.3 Å². The summed E-state index contributed by atoms with van der Waals surface area (Å²) in [4.78, 5) is 46.5. The summed E-state index contributed by atoms with van der Waals surface area (Å²) in [5, 5.41) is 21.7. The number of amides is 3. The Morgan fingerprint density at radius 2 is 1.67 bits per heavy atom. The van der Waals surface area contributed by atoms with Gasteiger partial charge in [-0.25, -0.2) is 9.59 Å². The average Bonchev–Trinajstić information content (AvgIpc) is 2.89. The van der Waals surface area contributed by atoms with Crippen LogP contribution in [-0.4, -0.2) is 64.2 Å². The van der Waals surface area contributed by atoms with Gasteiger partial charge >= 0.3 is 18.0 Å². The third kappa shape index (κ3) is 5.28. The number of hydrogen-bond donors (Lipinski definition) is 4. The number of carboxylic acid groups (broad SMARTS) is 2. The van der Waals surface area contributed by atoms with E-state index in [1.54, 1.807) is 4.90 Å². The van der Waals surface area contributed by atoms with Crippen LogP contribution in [0.1, 0.15) is 26.2 Å². The van der Waals surface area contributed by atoms with Gasteiger partial charge in [-0.15, -0.1) is 0 Å². The lowest BCUT2D eigenvalue weighted by molar-refractivity contribution is -0.145. The van der Waals surface area contributed by atoms with Gasteiger partial charge in [0.05, 0.1) is 6.42 Å². The van der Waals surface area contributed by atoms with E-state index in [4.69, 9.17) is 10.2 Å². The number of nitrogens with one attached hydrogen (secondary N) is 2. The first kappa shape index (κ1) is 16.7. The number of rotatable bonds is 6. The van der Waals surface area contributed by atoms with Crippen LogP contribution in [0.5, 0.6) is 0 Å². The lowest BCUT2D eigenvalue weighted by Crippen LogP contribution is -2.53. The van der Waals surface area contributed by atoms with E-state index in [-0.39, 0.29) is 5.91 Å².